The van der Waals surface area contributed by atoms with Crippen LogP contribution in [0.2, 0.25) is 0 Å². The van der Waals surface area contributed by atoms with Gasteiger partial charge in [0.2, 0.25) is 0 Å². The van der Waals surface area contributed by atoms with Gasteiger partial charge in [-0.2, -0.15) is 0 Å². The van der Waals surface area contributed by atoms with Gasteiger partial charge in [0.15, 0.2) is 0 Å². The normalized spacial score (nSPS) is 22.9. The van der Waals surface area contributed by atoms with Crippen molar-refractivity contribution >= 4 is 5.82 Å². The summed E-state index contributed by atoms with van der Waals surface area (Å²) in [5.74, 6) is 0.952. The number of nitrogens with one attached hydrogen (secondary N) is 1. The van der Waals surface area contributed by atoms with Crippen LogP contribution in [0, 0.1) is 5.41 Å². The molecule has 1 aromatic heterocycles. The van der Waals surface area contributed by atoms with Crippen LogP contribution >= 0.6 is 0 Å². The Hall–Kier alpha value is -1.09. The third-order valence-electron chi connectivity index (χ3n) is 5.32. The van der Waals surface area contributed by atoms with Crippen LogP contribution in [-0.2, 0) is 6.54 Å². The Morgan fingerprint density at radius 1 is 1.10 bits per heavy atom. The number of piperidine rings is 1. The number of hydrogen-bond donors (Lipinski definition) is 1. The van der Waals surface area contributed by atoms with E-state index < -0.39 is 0 Å². The lowest BCUT2D eigenvalue weighted by Crippen LogP contribution is -2.40. The van der Waals surface area contributed by atoms with Crippen LogP contribution in [0.5, 0.6) is 0 Å². The molecule has 1 N–H and O–H groups in total. The fourth-order valence-corrected chi connectivity index (χ4v) is 3.91. The molecule has 1 saturated heterocycles. The summed E-state index contributed by atoms with van der Waals surface area (Å²) < 4.78 is 0. The second kappa shape index (κ2) is 6.13. The van der Waals surface area contributed by atoms with Crippen molar-refractivity contribution in [2.45, 2.75) is 51.5 Å². The monoisotopic (exact) mass is 273 g/mol. The molecule has 110 valence electrons. The molecule has 2 fully saturated rings. The molecule has 20 heavy (non-hydrogen) atoms. The first kappa shape index (κ1) is 13.9. The van der Waals surface area contributed by atoms with Gasteiger partial charge in [-0.15, -0.1) is 0 Å². The zero-order valence-corrected chi connectivity index (χ0v) is 12.7. The minimum Gasteiger partial charge on any atom is -0.373 e. The fraction of sp³-hybridized carbons (Fsp3) is 0.706. The van der Waals surface area contributed by atoms with Crippen LogP contribution in [0.4, 0.5) is 5.82 Å². The first-order valence-electron chi connectivity index (χ1n) is 8.15. The van der Waals surface area contributed by atoms with Gasteiger partial charge >= 0.3 is 0 Å². The molecule has 3 rings (SSSR count). The summed E-state index contributed by atoms with van der Waals surface area (Å²) in [5.41, 5.74) is 2.05. The van der Waals surface area contributed by atoms with Gasteiger partial charge in [0.25, 0.3) is 0 Å². The van der Waals surface area contributed by atoms with Crippen LogP contribution in [0.15, 0.2) is 18.3 Å². The van der Waals surface area contributed by atoms with Gasteiger partial charge in [0, 0.05) is 19.8 Å². The van der Waals surface area contributed by atoms with Crippen molar-refractivity contribution in [3.8, 4) is 0 Å². The molecule has 0 radical (unpaired) electrons. The third-order valence-corrected chi connectivity index (χ3v) is 5.32. The number of anilines is 1. The van der Waals surface area contributed by atoms with Crippen molar-refractivity contribution < 1.29 is 0 Å². The molecular formula is C17H27N3. The van der Waals surface area contributed by atoms with E-state index in [9.17, 15) is 0 Å². The zero-order chi connectivity index (χ0) is 13.8. The predicted octanol–water partition coefficient (Wildman–Crippen LogP) is 3.67. The minimum atomic E-state index is 0.711. The molecule has 3 nitrogen and oxygen atoms in total. The smallest absolute Gasteiger partial charge is 0.125 e. The first-order chi connectivity index (χ1) is 9.80. The second-order valence-corrected chi connectivity index (χ2v) is 6.64. The Morgan fingerprint density at radius 3 is 2.45 bits per heavy atom. The standard InChI is InChI=1S/C17H27N3/c1-18-16-6-5-15(13-19-16)14-20-11-9-17(10-12-20)7-3-2-4-8-17/h5-6,13H,2-4,7-12,14H2,1H3,(H,18,19). The van der Waals surface area contributed by atoms with E-state index in [1.54, 1.807) is 0 Å². The van der Waals surface area contributed by atoms with Crippen molar-refractivity contribution in [2.24, 2.45) is 5.41 Å². The Kier molecular flexibility index (Phi) is 4.25. The van der Waals surface area contributed by atoms with Crippen LogP contribution in [0.3, 0.4) is 0 Å². The topological polar surface area (TPSA) is 28.2 Å². The molecule has 0 bridgehead atoms. The van der Waals surface area contributed by atoms with Crippen molar-refractivity contribution in [3.63, 3.8) is 0 Å². The highest BCUT2D eigenvalue weighted by atomic mass is 15.1. The maximum Gasteiger partial charge on any atom is 0.125 e. The van der Waals surface area contributed by atoms with E-state index in [2.05, 4.69) is 27.3 Å². The SMILES string of the molecule is CNc1ccc(CN2CCC3(CCCCC3)CC2)cn1. The van der Waals surface area contributed by atoms with Gasteiger partial charge in [-0.3, -0.25) is 4.90 Å². The molecule has 1 aromatic rings. The molecule has 1 aliphatic carbocycles. The minimum absolute atomic E-state index is 0.711. The molecule has 0 atom stereocenters. The Morgan fingerprint density at radius 2 is 1.85 bits per heavy atom. The van der Waals surface area contributed by atoms with E-state index >= 15 is 0 Å². The summed E-state index contributed by atoms with van der Waals surface area (Å²) in [5, 5.41) is 3.07. The number of nitrogens with zero attached hydrogens (tertiary/aromatic N) is 2. The maximum atomic E-state index is 4.41. The number of pyridine rings is 1. The molecule has 1 saturated carbocycles. The van der Waals surface area contributed by atoms with Crippen molar-refractivity contribution in [1.29, 1.82) is 0 Å². The summed E-state index contributed by atoms with van der Waals surface area (Å²) in [6.45, 7) is 3.61. The van der Waals surface area contributed by atoms with Gasteiger partial charge in [0.1, 0.15) is 5.82 Å². The van der Waals surface area contributed by atoms with Crippen molar-refractivity contribution in [3.05, 3.63) is 23.9 Å². The number of likely N-dealkylation sites (tertiary alicyclic amines) is 1. The quantitative estimate of drug-likeness (QED) is 0.910. The molecule has 1 aliphatic heterocycles. The Balaban J connectivity index is 1.52. The average molecular weight is 273 g/mol. The van der Waals surface area contributed by atoms with E-state index in [-0.39, 0.29) is 0 Å². The van der Waals surface area contributed by atoms with Gasteiger partial charge in [-0.05, 0) is 55.8 Å². The van der Waals surface area contributed by atoms with E-state index in [0.29, 0.717) is 5.41 Å². The Bertz CT molecular complexity index is 410. The number of hydrogen-bond acceptors (Lipinski definition) is 3. The van der Waals surface area contributed by atoms with Gasteiger partial charge < -0.3 is 5.32 Å². The summed E-state index contributed by atoms with van der Waals surface area (Å²) in [4.78, 5) is 7.02. The van der Waals surface area contributed by atoms with Crippen LogP contribution in [-0.4, -0.2) is 30.0 Å². The van der Waals surface area contributed by atoms with E-state index in [4.69, 9.17) is 0 Å². The van der Waals surface area contributed by atoms with Gasteiger partial charge in [-0.25, -0.2) is 4.98 Å². The van der Waals surface area contributed by atoms with E-state index in [0.717, 1.165) is 12.4 Å². The van der Waals surface area contributed by atoms with E-state index in [1.807, 2.05) is 13.2 Å². The summed E-state index contributed by atoms with van der Waals surface area (Å²) in [6, 6.07) is 4.27. The second-order valence-electron chi connectivity index (χ2n) is 6.64. The summed E-state index contributed by atoms with van der Waals surface area (Å²) >= 11 is 0. The molecule has 3 heteroatoms. The molecule has 0 unspecified atom stereocenters. The zero-order valence-electron chi connectivity index (χ0n) is 12.7. The third kappa shape index (κ3) is 3.14. The van der Waals surface area contributed by atoms with Crippen LogP contribution < -0.4 is 5.32 Å². The molecular weight excluding hydrogens is 246 g/mol. The van der Waals surface area contributed by atoms with E-state index in [1.165, 1.54) is 63.6 Å². The van der Waals surface area contributed by atoms with Gasteiger partial charge in [0.05, 0.1) is 0 Å². The van der Waals surface area contributed by atoms with Crippen LogP contribution in [0.25, 0.3) is 0 Å². The highest BCUT2D eigenvalue weighted by Crippen LogP contribution is 2.44. The lowest BCUT2D eigenvalue weighted by atomic mass is 9.68. The highest BCUT2D eigenvalue weighted by molar-refractivity contribution is 5.34. The lowest BCUT2D eigenvalue weighted by molar-refractivity contribution is 0.0641. The Labute approximate surface area is 122 Å². The van der Waals surface area contributed by atoms with Crippen molar-refractivity contribution in [2.75, 3.05) is 25.5 Å². The largest absolute Gasteiger partial charge is 0.373 e. The summed E-state index contributed by atoms with van der Waals surface area (Å²) in [7, 11) is 1.91. The molecule has 1 spiro atoms. The van der Waals surface area contributed by atoms with Crippen LogP contribution in [0.1, 0.15) is 50.5 Å². The first-order valence-corrected chi connectivity index (χ1v) is 8.15. The van der Waals surface area contributed by atoms with Crippen molar-refractivity contribution in [1.82, 2.24) is 9.88 Å². The number of aromatic nitrogens is 1. The average Bonchev–Trinajstić information content (AvgIpc) is 2.52. The number of rotatable bonds is 3. The van der Waals surface area contributed by atoms with Gasteiger partial charge in [-0.1, -0.05) is 25.3 Å². The summed E-state index contributed by atoms with van der Waals surface area (Å²) in [6.07, 6.45) is 12.2. The molecule has 2 heterocycles. The maximum absolute atomic E-state index is 4.41. The molecule has 0 amide bonds. The predicted molar refractivity (Wildman–Crippen MR) is 83.8 cm³/mol. The lowest BCUT2D eigenvalue weighted by Gasteiger charge is -2.44. The highest BCUT2D eigenvalue weighted by Gasteiger charge is 2.35. The molecule has 0 aromatic carbocycles. The fourth-order valence-electron chi connectivity index (χ4n) is 3.91. The molecule has 2 aliphatic rings.